The third kappa shape index (κ3) is 1.57. The zero-order valence-corrected chi connectivity index (χ0v) is 10.1. The molecule has 0 bridgehead atoms. The van der Waals surface area contributed by atoms with Crippen molar-refractivity contribution in [1.82, 2.24) is 19.9 Å². The molecule has 3 rings (SSSR count). The lowest BCUT2D eigenvalue weighted by Gasteiger charge is -1.89. The van der Waals surface area contributed by atoms with Crippen LogP contribution in [0, 0.1) is 0 Å². The molecule has 16 heavy (non-hydrogen) atoms. The summed E-state index contributed by atoms with van der Waals surface area (Å²) in [5.41, 5.74) is 2.17. The van der Waals surface area contributed by atoms with E-state index in [4.69, 9.17) is 23.2 Å². The summed E-state index contributed by atoms with van der Waals surface area (Å²) >= 11 is 13.2. The summed E-state index contributed by atoms with van der Waals surface area (Å²) in [6.45, 7) is 0. The van der Waals surface area contributed by atoms with Crippen LogP contribution in [0.5, 0.6) is 0 Å². The first-order chi connectivity index (χ1) is 7.74. The first kappa shape index (κ1) is 10.0. The van der Waals surface area contributed by atoms with Gasteiger partial charge in [-0.2, -0.15) is 0 Å². The highest BCUT2D eigenvalue weighted by molar-refractivity contribution is 7.20. The van der Waals surface area contributed by atoms with Crippen molar-refractivity contribution in [2.24, 2.45) is 0 Å². The average Bonchev–Trinajstić information content (AvgIpc) is 2.81. The minimum Gasteiger partial charge on any atom is -0.335 e. The fourth-order valence-electron chi connectivity index (χ4n) is 1.39. The van der Waals surface area contributed by atoms with Gasteiger partial charge in [0.05, 0.1) is 10.5 Å². The lowest BCUT2D eigenvalue weighted by Crippen LogP contribution is -1.77. The van der Waals surface area contributed by atoms with Crippen LogP contribution < -0.4 is 0 Å². The maximum absolute atomic E-state index is 6.05. The maximum Gasteiger partial charge on any atom is 0.181 e. The number of halogens is 2. The SMILES string of the molecule is Clc1cc(-c2nc3ncncc3[nH]2)c(Cl)s1. The zero-order chi connectivity index (χ0) is 11.1. The zero-order valence-electron chi connectivity index (χ0n) is 7.74. The van der Waals surface area contributed by atoms with E-state index in [1.54, 1.807) is 12.3 Å². The van der Waals surface area contributed by atoms with Crippen LogP contribution in [0.3, 0.4) is 0 Å². The van der Waals surface area contributed by atoms with E-state index in [1.165, 1.54) is 17.7 Å². The van der Waals surface area contributed by atoms with Crippen LogP contribution in [0.15, 0.2) is 18.6 Å². The number of rotatable bonds is 1. The highest BCUT2D eigenvalue weighted by Crippen LogP contribution is 2.37. The molecule has 80 valence electrons. The summed E-state index contributed by atoms with van der Waals surface area (Å²) in [5.74, 6) is 0.656. The fourth-order valence-corrected chi connectivity index (χ4v) is 2.86. The van der Waals surface area contributed by atoms with Crippen molar-refractivity contribution in [1.29, 1.82) is 0 Å². The summed E-state index contributed by atoms with van der Waals surface area (Å²) in [6.07, 6.45) is 3.12. The smallest absolute Gasteiger partial charge is 0.181 e. The number of fused-ring (bicyclic) bond motifs is 1. The van der Waals surface area contributed by atoms with Gasteiger partial charge < -0.3 is 4.98 Å². The number of H-pyrrole nitrogens is 1. The van der Waals surface area contributed by atoms with E-state index >= 15 is 0 Å². The largest absolute Gasteiger partial charge is 0.335 e. The molecule has 0 saturated heterocycles. The van der Waals surface area contributed by atoms with Crippen LogP contribution in [0.2, 0.25) is 8.67 Å². The first-order valence-corrected chi connectivity index (χ1v) is 5.92. The molecule has 0 unspecified atom stereocenters. The van der Waals surface area contributed by atoms with Gasteiger partial charge >= 0.3 is 0 Å². The monoisotopic (exact) mass is 270 g/mol. The molecule has 0 aliphatic heterocycles. The Balaban J connectivity index is 2.22. The van der Waals surface area contributed by atoms with E-state index in [1.807, 2.05) is 0 Å². The summed E-state index contributed by atoms with van der Waals surface area (Å²) in [5, 5.41) is 0. The molecule has 0 fully saturated rings. The Bertz CT molecular complexity index is 627. The Labute approximate surface area is 104 Å². The van der Waals surface area contributed by atoms with Crippen molar-refractivity contribution in [3.8, 4) is 11.4 Å². The second-order valence-electron chi connectivity index (χ2n) is 3.08. The summed E-state index contributed by atoms with van der Waals surface area (Å²) in [7, 11) is 0. The van der Waals surface area contributed by atoms with Gasteiger partial charge in [0.15, 0.2) is 5.65 Å². The van der Waals surface area contributed by atoms with Gasteiger partial charge in [-0.25, -0.2) is 15.0 Å². The summed E-state index contributed by atoms with van der Waals surface area (Å²) < 4.78 is 1.24. The predicted octanol–water partition coefficient (Wildman–Crippen LogP) is 3.39. The number of imidazole rings is 1. The van der Waals surface area contributed by atoms with Gasteiger partial charge in [0.25, 0.3) is 0 Å². The van der Waals surface area contributed by atoms with Gasteiger partial charge in [-0.05, 0) is 6.07 Å². The lowest BCUT2D eigenvalue weighted by molar-refractivity contribution is 1.20. The minimum absolute atomic E-state index is 0.608. The Morgan fingerprint density at radius 1 is 1.31 bits per heavy atom. The Morgan fingerprint density at radius 3 is 2.88 bits per heavy atom. The third-order valence-electron chi connectivity index (χ3n) is 2.07. The molecule has 4 nitrogen and oxygen atoms in total. The van der Waals surface area contributed by atoms with Crippen molar-refractivity contribution >= 4 is 45.7 Å². The van der Waals surface area contributed by atoms with Crippen molar-refractivity contribution < 1.29 is 0 Å². The number of hydrogen-bond acceptors (Lipinski definition) is 4. The lowest BCUT2D eigenvalue weighted by atomic mass is 10.3. The van der Waals surface area contributed by atoms with Crippen molar-refractivity contribution in [3.63, 3.8) is 0 Å². The average molecular weight is 271 g/mol. The van der Waals surface area contributed by atoms with Crippen LogP contribution in [-0.2, 0) is 0 Å². The van der Waals surface area contributed by atoms with Crippen LogP contribution >= 0.6 is 34.5 Å². The van der Waals surface area contributed by atoms with Gasteiger partial charge in [-0.3, -0.25) is 0 Å². The van der Waals surface area contributed by atoms with Gasteiger partial charge in [-0.15, -0.1) is 11.3 Å². The molecule has 0 aromatic carbocycles. The molecular weight excluding hydrogens is 267 g/mol. The van der Waals surface area contributed by atoms with E-state index in [2.05, 4.69) is 19.9 Å². The normalized spacial score (nSPS) is 11.1. The van der Waals surface area contributed by atoms with Crippen molar-refractivity contribution in [3.05, 3.63) is 27.3 Å². The van der Waals surface area contributed by atoms with Crippen LogP contribution in [0.4, 0.5) is 0 Å². The summed E-state index contributed by atoms with van der Waals surface area (Å²) in [6, 6.07) is 1.78. The third-order valence-corrected chi connectivity index (χ3v) is 3.56. The predicted molar refractivity (Wildman–Crippen MR) is 65.0 cm³/mol. The van der Waals surface area contributed by atoms with E-state index < -0.39 is 0 Å². The van der Waals surface area contributed by atoms with Crippen molar-refractivity contribution in [2.75, 3.05) is 0 Å². The highest BCUT2D eigenvalue weighted by atomic mass is 35.5. The van der Waals surface area contributed by atoms with E-state index in [0.29, 0.717) is 20.1 Å². The number of nitrogens with zero attached hydrogens (tertiary/aromatic N) is 3. The second kappa shape index (κ2) is 3.69. The molecule has 1 N–H and O–H groups in total. The molecule has 0 aliphatic rings. The molecular formula is C9H4Cl2N4S. The second-order valence-corrected chi connectivity index (χ2v) is 5.37. The topological polar surface area (TPSA) is 54.5 Å². The Hall–Kier alpha value is -1.17. The van der Waals surface area contributed by atoms with E-state index in [-0.39, 0.29) is 0 Å². The fraction of sp³-hybridized carbons (Fsp3) is 0. The standard InChI is InChI=1S/C9H4Cl2N4S/c10-6-1-4(7(11)16-6)8-14-5-2-12-3-13-9(5)15-8/h1-3H,(H,12,13,14,15). The molecule has 0 radical (unpaired) electrons. The van der Waals surface area contributed by atoms with Crippen molar-refractivity contribution in [2.45, 2.75) is 0 Å². The van der Waals surface area contributed by atoms with Crippen LogP contribution in [0.25, 0.3) is 22.6 Å². The van der Waals surface area contributed by atoms with E-state index in [9.17, 15) is 0 Å². The number of aromatic nitrogens is 4. The Kier molecular flexibility index (Phi) is 2.31. The number of thiophene rings is 1. The number of aromatic amines is 1. The molecule has 3 aromatic rings. The molecule has 3 aromatic heterocycles. The van der Waals surface area contributed by atoms with Gasteiger partial charge in [0.1, 0.15) is 22.0 Å². The molecule has 0 atom stereocenters. The van der Waals surface area contributed by atoms with Gasteiger partial charge in [-0.1, -0.05) is 23.2 Å². The first-order valence-electron chi connectivity index (χ1n) is 4.35. The molecule has 3 heterocycles. The molecule has 0 amide bonds. The quantitative estimate of drug-likeness (QED) is 0.738. The molecule has 7 heteroatoms. The van der Waals surface area contributed by atoms with Gasteiger partial charge in [0, 0.05) is 5.56 Å². The maximum atomic E-state index is 6.05. The minimum atomic E-state index is 0.608. The number of hydrogen-bond donors (Lipinski definition) is 1. The molecule has 0 saturated carbocycles. The highest BCUT2D eigenvalue weighted by Gasteiger charge is 2.12. The summed E-state index contributed by atoms with van der Waals surface area (Å²) in [4.78, 5) is 15.4. The number of nitrogens with one attached hydrogen (secondary N) is 1. The Morgan fingerprint density at radius 2 is 2.19 bits per heavy atom. The van der Waals surface area contributed by atoms with E-state index in [0.717, 1.165) is 11.1 Å². The van der Waals surface area contributed by atoms with Crippen LogP contribution in [-0.4, -0.2) is 19.9 Å². The molecule has 0 aliphatic carbocycles. The van der Waals surface area contributed by atoms with Crippen LogP contribution in [0.1, 0.15) is 0 Å². The van der Waals surface area contributed by atoms with Gasteiger partial charge in [0.2, 0.25) is 0 Å². The molecule has 0 spiro atoms.